The number of hydrogen-bond donors (Lipinski definition) is 0. The monoisotopic (exact) mass is 1400 g/mol. The number of nitrogens with zero attached hydrogens (tertiary/aromatic N) is 9. The van der Waals surface area contributed by atoms with Crippen molar-refractivity contribution >= 4 is 118 Å². The minimum Gasteiger partial charge on any atom is -0.438 e. The van der Waals surface area contributed by atoms with Crippen LogP contribution >= 0.6 is 0 Å². The van der Waals surface area contributed by atoms with Crippen LogP contribution in [-0.4, -0.2) is 47.6 Å². The smallest absolute Gasteiger partial charge is 0.262 e. The summed E-state index contributed by atoms with van der Waals surface area (Å²) in [4.78, 5) is 83.3. The molecule has 0 saturated heterocycles. The molecule has 9 heterocycles. The average molecular weight is 1400 g/mol. The zero-order chi connectivity index (χ0) is 72.2. The Morgan fingerprint density at radius 1 is 0.222 bits per heavy atom. The molecule has 510 valence electrons. The van der Waals surface area contributed by atoms with Crippen molar-refractivity contribution in [2.24, 2.45) is 0 Å². The molecule has 10 aromatic carbocycles. The molecule has 19 rings (SSSR count). The van der Waals surface area contributed by atoms with Gasteiger partial charge in [0.05, 0.1) is 40.9 Å². The number of pyridine rings is 6. The highest BCUT2D eigenvalue weighted by atomic mass is 16.3. The van der Waals surface area contributed by atoms with Gasteiger partial charge in [-0.15, -0.1) is 0 Å². The highest BCUT2D eigenvalue weighted by molar-refractivity contribution is 6.19. The Morgan fingerprint density at radius 3 is 0.972 bits per heavy atom. The predicted octanol–water partition coefficient (Wildman–Crippen LogP) is 22.7. The van der Waals surface area contributed by atoms with Gasteiger partial charge in [0.25, 0.3) is 17.7 Å². The summed E-state index contributed by atoms with van der Waals surface area (Å²) >= 11 is 0. The van der Waals surface area contributed by atoms with E-state index in [0.717, 1.165) is 82.4 Å². The van der Waals surface area contributed by atoms with Gasteiger partial charge >= 0.3 is 0 Å². The normalized spacial score (nSPS) is 11.4. The number of rotatable bonds is 15. The lowest BCUT2D eigenvalue weighted by molar-refractivity contribution is 0.0998. The number of furan rings is 3. The number of anilines is 6. The first kappa shape index (κ1) is 63.8. The van der Waals surface area contributed by atoms with Gasteiger partial charge in [-0.25, -0.2) is 15.0 Å². The highest BCUT2D eigenvalue weighted by Gasteiger charge is 2.31. The molecule has 0 fully saturated rings. The topological polar surface area (TPSA) is 178 Å². The molecule has 0 unspecified atom stereocenters. The molecule has 0 spiro atoms. The first-order valence-electron chi connectivity index (χ1n) is 35.1. The fourth-order valence-corrected chi connectivity index (χ4v) is 14.3. The molecular weight excluding hydrogens is 1340 g/mol. The van der Waals surface area contributed by atoms with Gasteiger partial charge in [-0.1, -0.05) is 152 Å². The number of benzene rings is 10. The number of fused-ring (bicyclic) bond motifs is 9. The van der Waals surface area contributed by atoms with Crippen LogP contribution in [0.25, 0.3) is 133 Å². The maximum atomic E-state index is 16.8. The van der Waals surface area contributed by atoms with Crippen LogP contribution in [0.15, 0.2) is 360 Å². The van der Waals surface area contributed by atoms with E-state index < -0.39 is 17.7 Å². The standard InChI is InChI=1S/C93H57N9O6/c103-91(100(71-25-10-22-62(49-71)58-16-4-1-5-17-58)70-35-31-61(32-36-70)84-54-87-81(57-99-84)80-30-15-45-96-90(80)108-87)67-46-68(92(104)101(72-26-11-23-63(50-72)59-18-6-2-7-19-59)74-37-41-82(97-55-74)65-33-39-76-78-28-13-43-94-88(78)106-85(76)52-65)48-69(47-67)93(105)102(73-27-12-24-64(51-73)60-20-8-3-9-21-60)75-38-42-83(98-56-75)66-34-40-77-79-29-14-44-95-89(79)107-86(77)53-66/h1-57H. The molecule has 0 saturated carbocycles. The molecule has 0 atom stereocenters. The quantitative estimate of drug-likeness (QED) is 0.0950. The molecule has 9 aromatic heterocycles. The highest BCUT2D eigenvalue weighted by Crippen LogP contribution is 2.41. The molecule has 15 heteroatoms. The molecule has 0 bridgehead atoms. The van der Waals surface area contributed by atoms with E-state index >= 15 is 14.4 Å². The van der Waals surface area contributed by atoms with Crippen molar-refractivity contribution < 1.29 is 27.6 Å². The van der Waals surface area contributed by atoms with Crippen LogP contribution in [0.3, 0.4) is 0 Å². The van der Waals surface area contributed by atoms with Gasteiger partial charge in [-0.05, 0) is 185 Å². The van der Waals surface area contributed by atoms with E-state index in [1.807, 2.05) is 291 Å². The predicted molar refractivity (Wildman–Crippen MR) is 426 cm³/mol. The Kier molecular flexibility index (Phi) is 15.9. The zero-order valence-corrected chi connectivity index (χ0v) is 57.4. The third kappa shape index (κ3) is 11.9. The van der Waals surface area contributed by atoms with E-state index in [4.69, 9.17) is 28.2 Å². The van der Waals surface area contributed by atoms with Crippen molar-refractivity contribution in [3.05, 3.63) is 363 Å². The number of hydrogen-bond acceptors (Lipinski definition) is 12. The molecule has 15 nitrogen and oxygen atoms in total. The van der Waals surface area contributed by atoms with Gasteiger partial charge in [0.2, 0.25) is 17.1 Å². The van der Waals surface area contributed by atoms with Crippen LogP contribution in [0.5, 0.6) is 0 Å². The molecule has 0 N–H and O–H groups in total. The van der Waals surface area contributed by atoms with Gasteiger partial charge in [-0.3, -0.25) is 44.0 Å². The third-order valence-electron chi connectivity index (χ3n) is 19.6. The van der Waals surface area contributed by atoms with Crippen LogP contribution in [-0.2, 0) is 0 Å². The summed E-state index contributed by atoms with van der Waals surface area (Å²) in [6, 6.07) is 97.8. The largest absolute Gasteiger partial charge is 0.438 e. The molecule has 19 aromatic rings. The Bertz CT molecular complexity index is 6050. The third-order valence-corrected chi connectivity index (χ3v) is 19.6. The second-order valence-electron chi connectivity index (χ2n) is 26.2. The molecular formula is C93H57N9O6. The van der Waals surface area contributed by atoms with E-state index in [-0.39, 0.29) is 16.7 Å². The zero-order valence-electron chi connectivity index (χ0n) is 57.4. The lowest BCUT2D eigenvalue weighted by Crippen LogP contribution is -2.31. The molecule has 0 radical (unpaired) electrons. The van der Waals surface area contributed by atoms with Crippen molar-refractivity contribution in [1.29, 1.82) is 0 Å². The van der Waals surface area contributed by atoms with Gasteiger partial charge in [0, 0.05) is 119 Å². The summed E-state index contributed by atoms with van der Waals surface area (Å²) in [5.74, 6) is -1.68. The minimum absolute atomic E-state index is 0.0144. The summed E-state index contributed by atoms with van der Waals surface area (Å²) in [5, 5.41) is 5.34. The van der Waals surface area contributed by atoms with Crippen molar-refractivity contribution in [2.45, 2.75) is 0 Å². The van der Waals surface area contributed by atoms with E-state index in [0.29, 0.717) is 85.1 Å². The fourth-order valence-electron chi connectivity index (χ4n) is 14.3. The van der Waals surface area contributed by atoms with Crippen molar-refractivity contribution in [3.63, 3.8) is 0 Å². The van der Waals surface area contributed by atoms with Crippen molar-refractivity contribution in [3.8, 4) is 67.2 Å². The van der Waals surface area contributed by atoms with Gasteiger partial charge < -0.3 is 13.3 Å². The maximum Gasteiger partial charge on any atom is 0.262 e. The number of carbonyl (C=O) groups is 3. The average Bonchev–Trinajstić information content (AvgIpc) is 1.07. The molecule has 0 aliphatic carbocycles. The van der Waals surface area contributed by atoms with Crippen LogP contribution in [0.2, 0.25) is 0 Å². The maximum absolute atomic E-state index is 16.8. The molecule has 108 heavy (non-hydrogen) atoms. The van der Waals surface area contributed by atoms with Crippen LogP contribution in [0.4, 0.5) is 34.1 Å². The second-order valence-corrected chi connectivity index (χ2v) is 26.2. The Labute approximate surface area is 617 Å². The van der Waals surface area contributed by atoms with E-state index in [1.54, 1.807) is 70.1 Å². The Morgan fingerprint density at radius 2 is 0.574 bits per heavy atom. The van der Waals surface area contributed by atoms with Gasteiger partial charge in [0.1, 0.15) is 16.7 Å². The first-order chi connectivity index (χ1) is 53.2. The fraction of sp³-hybridized carbons (Fsp3) is 0. The van der Waals surface area contributed by atoms with Gasteiger partial charge in [0.15, 0.2) is 0 Å². The number of carbonyl (C=O) groups excluding carboxylic acids is 3. The van der Waals surface area contributed by atoms with Crippen LogP contribution in [0.1, 0.15) is 31.1 Å². The Hall–Kier alpha value is -15.1. The molecule has 3 amide bonds. The van der Waals surface area contributed by atoms with Crippen LogP contribution in [0, 0.1) is 0 Å². The summed E-state index contributed by atoms with van der Waals surface area (Å²) in [7, 11) is 0. The van der Waals surface area contributed by atoms with Crippen molar-refractivity contribution in [2.75, 3.05) is 14.7 Å². The van der Waals surface area contributed by atoms with Crippen LogP contribution < -0.4 is 14.7 Å². The molecule has 0 aliphatic heterocycles. The number of aromatic nitrogens is 6. The Balaban J connectivity index is 0.781. The lowest BCUT2D eigenvalue weighted by Gasteiger charge is -2.27. The van der Waals surface area contributed by atoms with E-state index in [9.17, 15) is 0 Å². The van der Waals surface area contributed by atoms with Crippen molar-refractivity contribution in [1.82, 2.24) is 29.9 Å². The lowest BCUT2D eigenvalue weighted by atomic mass is 9.99. The van der Waals surface area contributed by atoms with Gasteiger partial charge in [-0.2, -0.15) is 0 Å². The summed E-state index contributed by atoms with van der Waals surface area (Å²) in [6.45, 7) is 0. The first-order valence-corrected chi connectivity index (χ1v) is 35.1. The number of amides is 3. The summed E-state index contributed by atoms with van der Waals surface area (Å²) < 4.78 is 18.6. The molecule has 0 aliphatic rings. The second kappa shape index (κ2) is 26.9. The summed E-state index contributed by atoms with van der Waals surface area (Å²) in [6.07, 6.45) is 10.2. The minimum atomic E-state index is -0.567. The SMILES string of the molecule is O=C(c1cc(C(=O)N(c2ccc(-c3ccc4c(c3)oc3ncccc34)nc2)c2cccc(-c3ccccc3)c2)cc(C(=O)N(c2ccc(-c3ccc4c(c3)oc3ncccc34)nc2)c2cccc(-c3ccccc3)c2)c1)N(c1ccc(-c2cc3oc4ncccc4c3cn2)cc1)c1cccc(-c2ccccc2)c1. The van der Waals surface area contributed by atoms with E-state index in [1.165, 1.54) is 0 Å². The summed E-state index contributed by atoms with van der Waals surface area (Å²) in [5.41, 5.74) is 15.8. The van der Waals surface area contributed by atoms with E-state index in [2.05, 4.69) is 15.0 Å².